The fourth-order valence-corrected chi connectivity index (χ4v) is 2.28. The van der Waals surface area contributed by atoms with Crippen molar-refractivity contribution in [3.63, 3.8) is 0 Å². The lowest BCUT2D eigenvalue weighted by atomic mass is 10.1. The van der Waals surface area contributed by atoms with Crippen LogP contribution in [0.15, 0.2) is 34.9 Å². The number of aryl methyl sites for hydroxylation is 2. The lowest BCUT2D eigenvalue weighted by Crippen LogP contribution is -2.11. The molecule has 1 unspecified atom stereocenters. The smallest absolute Gasteiger partial charge is 0.243 e. The molecule has 5 heteroatoms. The number of nitrogens with zero attached hydrogens (tertiary/aromatic N) is 2. The van der Waals surface area contributed by atoms with Crippen molar-refractivity contribution in [3.8, 4) is 0 Å². The zero-order valence-corrected chi connectivity index (χ0v) is 11.9. The number of aromatic nitrogens is 2. The maximum absolute atomic E-state index is 5.99. The summed E-state index contributed by atoms with van der Waals surface area (Å²) in [5.74, 6) is 2.29. The number of hydrogen-bond acceptors (Lipinski definition) is 5. The van der Waals surface area contributed by atoms with Crippen molar-refractivity contribution in [1.82, 2.24) is 10.1 Å². The molecule has 0 fully saturated rings. The van der Waals surface area contributed by atoms with Gasteiger partial charge in [0.25, 0.3) is 0 Å². The Labute approximate surface area is 117 Å². The minimum Gasteiger partial charge on any atom is -0.338 e. The quantitative estimate of drug-likeness (QED) is 0.842. The van der Waals surface area contributed by atoms with E-state index in [-0.39, 0.29) is 6.04 Å². The van der Waals surface area contributed by atoms with Gasteiger partial charge >= 0.3 is 0 Å². The molecule has 2 rings (SSSR count). The molecule has 0 radical (unpaired) electrons. The molecule has 1 aromatic carbocycles. The lowest BCUT2D eigenvalue weighted by molar-refractivity contribution is 0.348. The third kappa shape index (κ3) is 4.36. The normalized spacial score (nSPS) is 12.5. The molecule has 4 nitrogen and oxygen atoms in total. The highest BCUT2D eigenvalue weighted by molar-refractivity contribution is 7.98. The minimum absolute atomic E-state index is 0.148. The Morgan fingerprint density at radius 1 is 1.26 bits per heavy atom. The van der Waals surface area contributed by atoms with E-state index >= 15 is 0 Å². The van der Waals surface area contributed by atoms with Crippen LogP contribution in [-0.4, -0.2) is 22.1 Å². The van der Waals surface area contributed by atoms with E-state index in [1.54, 1.807) is 11.8 Å². The fourth-order valence-electron chi connectivity index (χ4n) is 1.79. The van der Waals surface area contributed by atoms with E-state index < -0.39 is 0 Å². The zero-order valence-electron chi connectivity index (χ0n) is 11.1. The second-order valence-electron chi connectivity index (χ2n) is 4.42. The summed E-state index contributed by atoms with van der Waals surface area (Å²) in [5, 5.41) is 3.99. The monoisotopic (exact) mass is 277 g/mol. The standard InChI is InChI=1S/C14H19N3OS/c1-19-10-9-12(15)14-16-13(17-18-14)8-7-11-5-3-2-4-6-11/h2-6,12H,7-10,15H2,1H3. The number of benzene rings is 1. The molecule has 1 atom stereocenters. The average Bonchev–Trinajstić information content (AvgIpc) is 2.92. The molecule has 0 spiro atoms. The van der Waals surface area contributed by atoms with Gasteiger partial charge in [-0.3, -0.25) is 0 Å². The van der Waals surface area contributed by atoms with Crippen LogP contribution in [0.3, 0.4) is 0 Å². The second kappa shape index (κ2) is 7.31. The summed E-state index contributed by atoms with van der Waals surface area (Å²) in [6.07, 6.45) is 4.62. The van der Waals surface area contributed by atoms with Gasteiger partial charge in [-0.1, -0.05) is 35.5 Å². The van der Waals surface area contributed by atoms with Gasteiger partial charge in [-0.25, -0.2) is 0 Å². The van der Waals surface area contributed by atoms with Crippen molar-refractivity contribution >= 4 is 11.8 Å². The van der Waals surface area contributed by atoms with Crippen molar-refractivity contribution in [2.24, 2.45) is 5.73 Å². The molecular weight excluding hydrogens is 258 g/mol. The minimum atomic E-state index is -0.148. The third-order valence-electron chi connectivity index (χ3n) is 2.91. The van der Waals surface area contributed by atoms with Crippen LogP contribution in [0.4, 0.5) is 0 Å². The van der Waals surface area contributed by atoms with Gasteiger partial charge in [-0.2, -0.15) is 16.7 Å². The Balaban J connectivity index is 1.87. The van der Waals surface area contributed by atoms with Gasteiger partial charge in [0.2, 0.25) is 5.89 Å². The van der Waals surface area contributed by atoms with Crippen molar-refractivity contribution in [2.45, 2.75) is 25.3 Å². The molecule has 1 heterocycles. The van der Waals surface area contributed by atoms with Crippen molar-refractivity contribution in [3.05, 3.63) is 47.6 Å². The summed E-state index contributed by atoms with van der Waals surface area (Å²) in [7, 11) is 0. The van der Waals surface area contributed by atoms with Crippen molar-refractivity contribution in [1.29, 1.82) is 0 Å². The summed E-state index contributed by atoms with van der Waals surface area (Å²) in [6, 6.07) is 10.1. The van der Waals surface area contributed by atoms with Crippen LogP contribution in [0.25, 0.3) is 0 Å². The van der Waals surface area contributed by atoms with Crippen LogP contribution in [-0.2, 0) is 12.8 Å². The summed E-state index contributed by atoms with van der Waals surface area (Å²) in [5.41, 5.74) is 7.27. The molecule has 0 aliphatic heterocycles. The Morgan fingerprint density at radius 3 is 2.79 bits per heavy atom. The molecule has 0 aliphatic carbocycles. The first-order chi connectivity index (χ1) is 9.29. The van der Waals surface area contributed by atoms with Gasteiger partial charge in [0.05, 0.1) is 6.04 Å². The molecular formula is C14H19N3OS. The third-order valence-corrected chi connectivity index (χ3v) is 3.56. The van der Waals surface area contributed by atoms with E-state index in [9.17, 15) is 0 Å². The van der Waals surface area contributed by atoms with E-state index in [0.29, 0.717) is 5.89 Å². The predicted molar refractivity (Wildman–Crippen MR) is 78.1 cm³/mol. The molecule has 0 aliphatic rings. The number of thioether (sulfide) groups is 1. The van der Waals surface area contributed by atoms with E-state index in [4.69, 9.17) is 10.3 Å². The number of hydrogen-bond donors (Lipinski definition) is 1. The number of rotatable bonds is 7. The highest BCUT2D eigenvalue weighted by Crippen LogP contribution is 2.14. The highest BCUT2D eigenvalue weighted by atomic mass is 32.2. The molecule has 0 saturated heterocycles. The van der Waals surface area contributed by atoms with Gasteiger partial charge < -0.3 is 10.3 Å². The zero-order chi connectivity index (χ0) is 13.5. The first kappa shape index (κ1) is 14.1. The molecule has 0 saturated carbocycles. The van der Waals surface area contributed by atoms with E-state index in [2.05, 4.69) is 28.5 Å². The molecule has 2 aromatic rings. The van der Waals surface area contributed by atoms with E-state index in [1.807, 2.05) is 18.2 Å². The molecule has 0 amide bonds. The maximum atomic E-state index is 5.99. The molecule has 2 N–H and O–H groups in total. The molecule has 1 aromatic heterocycles. The molecule has 19 heavy (non-hydrogen) atoms. The predicted octanol–water partition coefficient (Wildman–Crippen LogP) is 2.61. The Kier molecular flexibility index (Phi) is 5.42. The van der Waals surface area contributed by atoms with Crippen LogP contribution in [0, 0.1) is 0 Å². The average molecular weight is 277 g/mol. The van der Waals surface area contributed by atoms with E-state index in [1.165, 1.54) is 5.56 Å². The van der Waals surface area contributed by atoms with Crippen molar-refractivity contribution in [2.75, 3.05) is 12.0 Å². The topological polar surface area (TPSA) is 64.9 Å². The SMILES string of the molecule is CSCCC(N)c1nc(CCc2ccccc2)no1. The van der Waals surface area contributed by atoms with Gasteiger partial charge in [0.15, 0.2) is 5.82 Å². The fraction of sp³-hybridized carbons (Fsp3) is 0.429. The van der Waals surface area contributed by atoms with E-state index in [0.717, 1.165) is 30.8 Å². The Morgan fingerprint density at radius 2 is 2.05 bits per heavy atom. The second-order valence-corrected chi connectivity index (χ2v) is 5.41. The van der Waals surface area contributed by atoms with Crippen LogP contribution in [0.2, 0.25) is 0 Å². The molecule has 102 valence electrons. The van der Waals surface area contributed by atoms with Crippen molar-refractivity contribution < 1.29 is 4.52 Å². The Bertz CT molecular complexity index is 486. The van der Waals surface area contributed by atoms with Gasteiger partial charge in [-0.15, -0.1) is 0 Å². The first-order valence-corrected chi connectivity index (χ1v) is 7.80. The highest BCUT2D eigenvalue weighted by Gasteiger charge is 2.14. The maximum Gasteiger partial charge on any atom is 0.243 e. The van der Waals surface area contributed by atoms with Crippen LogP contribution in [0.5, 0.6) is 0 Å². The van der Waals surface area contributed by atoms with Gasteiger partial charge in [-0.05, 0) is 30.4 Å². The summed E-state index contributed by atoms with van der Waals surface area (Å²) < 4.78 is 5.22. The lowest BCUT2D eigenvalue weighted by Gasteiger charge is -2.03. The first-order valence-electron chi connectivity index (χ1n) is 6.40. The summed E-state index contributed by atoms with van der Waals surface area (Å²) >= 11 is 1.77. The van der Waals surface area contributed by atoms with Gasteiger partial charge in [0, 0.05) is 6.42 Å². The van der Waals surface area contributed by atoms with Crippen LogP contribution in [0.1, 0.15) is 29.7 Å². The number of nitrogens with two attached hydrogens (primary N) is 1. The van der Waals surface area contributed by atoms with Crippen LogP contribution < -0.4 is 5.73 Å². The van der Waals surface area contributed by atoms with Gasteiger partial charge in [0.1, 0.15) is 0 Å². The Hall–Kier alpha value is -1.33. The summed E-state index contributed by atoms with van der Waals surface area (Å²) in [4.78, 5) is 4.37. The molecule has 0 bridgehead atoms. The largest absolute Gasteiger partial charge is 0.338 e. The summed E-state index contributed by atoms with van der Waals surface area (Å²) in [6.45, 7) is 0. The van der Waals surface area contributed by atoms with Crippen LogP contribution >= 0.6 is 11.8 Å².